The first-order valence-corrected chi connectivity index (χ1v) is 12.4. The van der Waals surface area contributed by atoms with E-state index in [1.165, 1.54) is 11.8 Å². The second kappa shape index (κ2) is 14.4. The summed E-state index contributed by atoms with van der Waals surface area (Å²) in [6, 6.07) is 0. The van der Waals surface area contributed by atoms with Gasteiger partial charge in [-0.05, 0) is 19.8 Å². The number of methoxy groups -OCH3 is 2. The maximum atomic E-state index is 13.1. The van der Waals surface area contributed by atoms with Crippen LogP contribution in [0.15, 0.2) is 0 Å². The third-order valence-electron chi connectivity index (χ3n) is 4.24. The zero-order chi connectivity index (χ0) is 27.5. The molecule has 0 aromatic heterocycles. The first-order chi connectivity index (χ1) is 16.0. The lowest BCUT2D eigenvalue weighted by Crippen LogP contribution is -2.55. The Hall–Kier alpha value is -1.35. The molecule has 0 rings (SSSR count). The fraction of sp³-hybridized carbons (Fsp3) is 0.875. The number of hydrogen-bond donors (Lipinski definition) is 2. The van der Waals surface area contributed by atoms with Crippen molar-refractivity contribution in [2.45, 2.75) is 37.8 Å². The van der Waals surface area contributed by atoms with Gasteiger partial charge in [0, 0.05) is 40.4 Å². The molecule has 2 amide bonds. The minimum Gasteiger partial charge on any atom is -0.348 e. The van der Waals surface area contributed by atoms with Gasteiger partial charge in [-0.25, -0.2) is 0 Å². The van der Waals surface area contributed by atoms with Crippen LogP contribution in [0.3, 0.4) is 0 Å². The molecule has 0 aromatic rings. The van der Waals surface area contributed by atoms with E-state index in [2.05, 4.69) is 0 Å². The van der Waals surface area contributed by atoms with Crippen molar-refractivity contribution in [1.29, 1.82) is 0 Å². The Morgan fingerprint density at radius 3 is 1.97 bits per heavy atom. The van der Waals surface area contributed by atoms with Gasteiger partial charge in [-0.3, -0.25) is 28.5 Å². The fourth-order valence-corrected chi connectivity index (χ4v) is 4.47. The van der Waals surface area contributed by atoms with E-state index in [1.807, 2.05) is 0 Å². The minimum atomic E-state index is -5.38. The number of hydrogen-bond acceptors (Lipinski definition) is 8. The quantitative estimate of drug-likeness (QED) is 0.125. The second-order valence-corrected chi connectivity index (χ2v) is 9.34. The van der Waals surface area contributed by atoms with Gasteiger partial charge in [0.15, 0.2) is 0 Å². The molecule has 0 aromatic carbocycles. The van der Waals surface area contributed by atoms with Crippen molar-refractivity contribution in [3.63, 3.8) is 0 Å². The van der Waals surface area contributed by atoms with Crippen LogP contribution < -0.4 is 5.32 Å². The molecule has 0 saturated carbocycles. The number of amides is 2. The van der Waals surface area contributed by atoms with Gasteiger partial charge in [0.25, 0.3) is 0 Å². The van der Waals surface area contributed by atoms with Crippen LogP contribution >= 0.6 is 16.1 Å². The molecule has 0 bridgehead atoms. The monoisotopic (exact) mass is 565 g/mol. The average Bonchev–Trinajstić information content (AvgIpc) is 2.74. The van der Waals surface area contributed by atoms with Gasteiger partial charge in [0.1, 0.15) is 6.29 Å². The number of rotatable bonds is 16. The standard InChI is InChI=1S/C16H27F6N3O8P2/c1-4-33-35(29,30)11-24(8-5-7-23-12(26)14(17,18)19)9-6-10-25(13(27)15(20,21)22)16(31-2,32-3)34-28/h4-11H2,1-3H3,(H,23,26)(H,29,30). The highest BCUT2D eigenvalue weighted by Gasteiger charge is 2.52. The molecule has 0 saturated heterocycles. The van der Waals surface area contributed by atoms with Crippen molar-refractivity contribution in [3.05, 3.63) is 0 Å². The summed E-state index contributed by atoms with van der Waals surface area (Å²) in [5.74, 6) is -4.60. The van der Waals surface area contributed by atoms with E-state index in [0.717, 1.165) is 14.2 Å². The predicted octanol–water partition coefficient (Wildman–Crippen LogP) is 2.51. The summed E-state index contributed by atoms with van der Waals surface area (Å²) in [5.41, 5.74) is -2.60. The molecular weight excluding hydrogens is 538 g/mol. The second-order valence-electron chi connectivity index (χ2n) is 6.78. The van der Waals surface area contributed by atoms with E-state index >= 15 is 0 Å². The Labute approximate surface area is 198 Å². The summed E-state index contributed by atoms with van der Waals surface area (Å²) in [7, 11) is -3.62. The van der Waals surface area contributed by atoms with E-state index in [-0.39, 0.29) is 37.4 Å². The molecule has 0 heterocycles. The van der Waals surface area contributed by atoms with Crippen LogP contribution in [-0.2, 0) is 32.7 Å². The maximum absolute atomic E-state index is 13.1. The van der Waals surface area contributed by atoms with E-state index in [4.69, 9.17) is 14.0 Å². The zero-order valence-electron chi connectivity index (χ0n) is 19.0. The van der Waals surface area contributed by atoms with Gasteiger partial charge >= 0.3 is 37.4 Å². The molecular formula is C16H27F6N3O8P2. The first-order valence-electron chi connectivity index (χ1n) is 9.87. The molecule has 1 unspecified atom stereocenters. The lowest BCUT2D eigenvalue weighted by atomic mass is 10.3. The number of ether oxygens (including phenoxy) is 2. The average molecular weight is 565 g/mol. The van der Waals surface area contributed by atoms with Crippen molar-refractivity contribution in [2.24, 2.45) is 0 Å². The van der Waals surface area contributed by atoms with E-state index in [9.17, 15) is 50.0 Å². The summed E-state index contributed by atoms with van der Waals surface area (Å²) in [6.07, 6.45) is -11.5. The van der Waals surface area contributed by atoms with E-state index < -0.39 is 65.3 Å². The molecule has 0 radical (unpaired) electrons. The fourth-order valence-electron chi connectivity index (χ4n) is 2.76. The molecule has 1 atom stereocenters. The van der Waals surface area contributed by atoms with Crippen LogP contribution in [-0.4, -0.2) is 97.8 Å². The Bertz CT molecular complexity index is 752. The van der Waals surface area contributed by atoms with Gasteiger partial charge in [-0.15, -0.1) is 0 Å². The number of halogens is 6. The van der Waals surface area contributed by atoms with Crippen LogP contribution in [0, 0.1) is 0 Å². The summed E-state index contributed by atoms with van der Waals surface area (Å²) in [4.78, 5) is 33.8. The van der Waals surface area contributed by atoms with E-state index in [0.29, 0.717) is 0 Å². The highest BCUT2D eigenvalue weighted by Crippen LogP contribution is 2.42. The number of nitrogens with zero attached hydrogens (tertiary/aromatic N) is 2. The number of carbonyl (C=O) groups excluding carboxylic acids is 2. The molecule has 0 spiro atoms. The molecule has 0 aliphatic carbocycles. The van der Waals surface area contributed by atoms with Crippen LogP contribution in [0.2, 0.25) is 0 Å². The van der Waals surface area contributed by atoms with Crippen LogP contribution in [0.5, 0.6) is 0 Å². The Kier molecular flexibility index (Phi) is 13.8. The van der Waals surface area contributed by atoms with E-state index in [1.54, 1.807) is 5.32 Å². The van der Waals surface area contributed by atoms with Gasteiger partial charge < -0.3 is 24.2 Å². The highest BCUT2D eigenvalue weighted by atomic mass is 31.2. The number of alkyl halides is 6. The van der Waals surface area contributed by atoms with Crippen molar-refractivity contribution in [2.75, 3.05) is 53.3 Å². The maximum Gasteiger partial charge on any atom is 0.471 e. The van der Waals surface area contributed by atoms with Crippen LogP contribution in [0.25, 0.3) is 0 Å². The SMILES string of the molecule is CCOP(=O)(O)CN(CCCNC(=O)C(F)(F)F)CCCN(C(=O)C(F)(F)F)C(OC)(OC)P=O. The molecule has 11 nitrogen and oxygen atoms in total. The number of nitrogens with one attached hydrogen (secondary N) is 1. The topological polar surface area (TPSA) is 135 Å². The van der Waals surface area contributed by atoms with Crippen molar-refractivity contribution in [3.8, 4) is 0 Å². The first kappa shape index (κ1) is 33.7. The summed E-state index contributed by atoms with van der Waals surface area (Å²) < 4.78 is 114. The smallest absolute Gasteiger partial charge is 0.348 e. The number of carbonyl (C=O) groups is 2. The Balaban J connectivity index is 5.42. The molecule has 2 N–H and O–H groups in total. The van der Waals surface area contributed by atoms with Gasteiger partial charge in [-0.2, -0.15) is 26.3 Å². The largest absolute Gasteiger partial charge is 0.471 e. The van der Waals surface area contributed by atoms with Gasteiger partial charge in [0.2, 0.25) is 8.46 Å². The summed E-state index contributed by atoms with van der Waals surface area (Å²) in [5, 5.41) is 1.61. The summed E-state index contributed by atoms with van der Waals surface area (Å²) in [6.45, 7) is -0.319. The molecule has 0 aliphatic rings. The third-order valence-corrected chi connectivity index (χ3v) is 6.49. The lowest BCUT2D eigenvalue weighted by Gasteiger charge is -2.36. The van der Waals surface area contributed by atoms with Crippen molar-refractivity contribution in [1.82, 2.24) is 15.1 Å². The molecule has 19 heteroatoms. The minimum absolute atomic E-state index is 0.0321. The normalized spacial score (nSPS) is 14.7. The van der Waals surface area contributed by atoms with Crippen molar-refractivity contribution >= 4 is 27.9 Å². The Morgan fingerprint density at radius 2 is 1.54 bits per heavy atom. The van der Waals surface area contributed by atoms with Gasteiger partial charge in [0.05, 0.1) is 6.61 Å². The summed E-state index contributed by atoms with van der Waals surface area (Å²) >= 11 is 0. The molecule has 35 heavy (non-hydrogen) atoms. The predicted molar refractivity (Wildman–Crippen MR) is 108 cm³/mol. The molecule has 0 aliphatic heterocycles. The highest BCUT2D eigenvalue weighted by molar-refractivity contribution is 7.52. The molecule has 0 fully saturated rings. The van der Waals surface area contributed by atoms with Gasteiger partial charge in [-0.1, -0.05) is 0 Å². The molecule has 206 valence electrons. The lowest BCUT2D eigenvalue weighted by molar-refractivity contribution is -0.250. The zero-order valence-corrected chi connectivity index (χ0v) is 20.8. The van der Waals surface area contributed by atoms with Crippen LogP contribution in [0.1, 0.15) is 19.8 Å². The Morgan fingerprint density at radius 1 is 1.00 bits per heavy atom. The van der Waals surface area contributed by atoms with Crippen LogP contribution in [0.4, 0.5) is 26.3 Å². The third kappa shape index (κ3) is 11.5. The van der Waals surface area contributed by atoms with Crippen molar-refractivity contribution < 1.29 is 64.0 Å².